The molecule has 4 rings (SSSR count). The molecule has 0 spiro atoms. The molecule has 162 valence electrons. The van der Waals surface area contributed by atoms with Crippen molar-refractivity contribution in [3.05, 3.63) is 72.1 Å². The van der Waals surface area contributed by atoms with Crippen LogP contribution < -0.4 is 16.4 Å². The summed E-state index contributed by atoms with van der Waals surface area (Å²) in [7, 11) is 0. The normalized spacial score (nSPS) is 11.0. The number of fused-ring (bicyclic) bond motifs is 1. The van der Waals surface area contributed by atoms with Gasteiger partial charge in [0.05, 0.1) is 10.9 Å². The SMILES string of the molecule is CC(C)n1cc(C(=O)c2cccc(NC(=O)Nc3ccc(F)cc3)n2)c2c(N)ncnc21. The second kappa shape index (κ2) is 8.42. The Kier molecular flexibility index (Phi) is 5.50. The van der Waals surface area contributed by atoms with E-state index in [-0.39, 0.29) is 29.2 Å². The predicted molar refractivity (Wildman–Crippen MR) is 119 cm³/mol. The number of nitrogens with one attached hydrogen (secondary N) is 2. The van der Waals surface area contributed by atoms with Crippen LogP contribution in [0.1, 0.15) is 35.9 Å². The van der Waals surface area contributed by atoms with Crippen LogP contribution in [0.2, 0.25) is 0 Å². The molecule has 0 aliphatic heterocycles. The lowest BCUT2D eigenvalue weighted by atomic mass is 10.1. The van der Waals surface area contributed by atoms with Crippen LogP contribution in [-0.4, -0.2) is 31.3 Å². The van der Waals surface area contributed by atoms with Crippen LogP contribution in [0.5, 0.6) is 0 Å². The van der Waals surface area contributed by atoms with E-state index in [1.165, 1.54) is 30.6 Å². The minimum absolute atomic E-state index is 0.0458. The van der Waals surface area contributed by atoms with Gasteiger partial charge in [0.1, 0.15) is 35.1 Å². The Bertz CT molecular complexity index is 1320. The highest BCUT2D eigenvalue weighted by Gasteiger charge is 2.22. The van der Waals surface area contributed by atoms with E-state index in [2.05, 4.69) is 25.6 Å². The summed E-state index contributed by atoms with van der Waals surface area (Å²) in [6.45, 7) is 3.93. The van der Waals surface area contributed by atoms with Crippen LogP contribution in [0.25, 0.3) is 11.0 Å². The third-order valence-electron chi connectivity index (χ3n) is 4.77. The Labute approximate surface area is 182 Å². The van der Waals surface area contributed by atoms with Crippen molar-refractivity contribution < 1.29 is 14.0 Å². The molecule has 0 bridgehead atoms. The molecule has 0 atom stereocenters. The molecule has 0 saturated carbocycles. The number of ketones is 1. The number of carbonyl (C=O) groups excluding carboxylic acids is 2. The smallest absolute Gasteiger partial charge is 0.324 e. The van der Waals surface area contributed by atoms with Crippen molar-refractivity contribution in [2.24, 2.45) is 0 Å². The summed E-state index contributed by atoms with van der Waals surface area (Å²) in [6, 6.07) is 9.49. The Morgan fingerprint density at radius 1 is 1.06 bits per heavy atom. The first-order valence-corrected chi connectivity index (χ1v) is 9.80. The quantitative estimate of drug-likeness (QED) is 0.408. The fraction of sp³-hybridized carbons (Fsp3) is 0.136. The summed E-state index contributed by atoms with van der Waals surface area (Å²) in [4.78, 5) is 38.0. The van der Waals surface area contributed by atoms with Crippen LogP contribution in [0.4, 0.5) is 26.5 Å². The van der Waals surface area contributed by atoms with Crippen LogP contribution in [-0.2, 0) is 0 Å². The van der Waals surface area contributed by atoms with Crippen LogP contribution in [0, 0.1) is 5.82 Å². The molecular formula is C22H20FN7O2. The van der Waals surface area contributed by atoms with Gasteiger partial charge in [0, 0.05) is 17.9 Å². The number of aromatic nitrogens is 4. The zero-order valence-corrected chi connectivity index (χ0v) is 17.3. The number of benzene rings is 1. The van der Waals surface area contributed by atoms with Crippen LogP contribution >= 0.6 is 0 Å². The number of carbonyl (C=O) groups is 2. The molecule has 0 fully saturated rings. The zero-order chi connectivity index (χ0) is 22.8. The van der Waals surface area contributed by atoms with Crippen molar-refractivity contribution in [2.75, 3.05) is 16.4 Å². The molecule has 2 amide bonds. The van der Waals surface area contributed by atoms with Crippen LogP contribution in [0.3, 0.4) is 0 Å². The number of nitrogens with zero attached hydrogens (tertiary/aromatic N) is 4. The highest BCUT2D eigenvalue weighted by molar-refractivity contribution is 6.17. The number of anilines is 3. The van der Waals surface area contributed by atoms with E-state index < -0.39 is 11.8 Å². The summed E-state index contributed by atoms with van der Waals surface area (Å²) in [5, 5.41) is 5.59. The van der Waals surface area contributed by atoms with Gasteiger partial charge in [0.15, 0.2) is 0 Å². The standard InChI is InChI=1S/C22H20FN7O2/c1-12(2)30-10-15(18-20(24)25-11-26-21(18)30)19(31)16-4-3-5-17(28-16)29-22(32)27-14-8-6-13(23)7-9-14/h3-12H,1-2H3,(H2,24,25,26)(H2,27,28,29,32). The number of amides is 2. The molecule has 1 aromatic carbocycles. The average Bonchev–Trinajstić information content (AvgIpc) is 3.16. The first-order chi connectivity index (χ1) is 15.3. The minimum Gasteiger partial charge on any atom is -0.383 e. The minimum atomic E-state index is -0.581. The van der Waals surface area contributed by atoms with Gasteiger partial charge in [-0.2, -0.15) is 0 Å². The van der Waals surface area contributed by atoms with Gasteiger partial charge in [-0.3, -0.25) is 10.1 Å². The van der Waals surface area contributed by atoms with Gasteiger partial charge in [-0.1, -0.05) is 6.07 Å². The van der Waals surface area contributed by atoms with Gasteiger partial charge in [0.2, 0.25) is 5.78 Å². The van der Waals surface area contributed by atoms with E-state index in [1.54, 1.807) is 24.4 Å². The molecule has 32 heavy (non-hydrogen) atoms. The summed E-state index contributed by atoms with van der Waals surface area (Å²) < 4.78 is 14.9. The maximum absolute atomic E-state index is 13.3. The van der Waals surface area contributed by atoms with Gasteiger partial charge < -0.3 is 15.6 Å². The van der Waals surface area contributed by atoms with E-state index in [9.17, 15) is 14.0 Å². The second-order valence-electron chi connectivity index (χ2n) is 7.32. The second-order valence-corrected chi connectivity index (χ2v) is 7.32. The van der Waals surface area contributed by atoms with Crippen molar-refractivity contribution in [1.82, 2.24) is 19.5 Å². The van der Waals surface area contributed by atoms with Crippen molar-refractivity contribution in [3.8, 4) is 0 Å². The third-order valence-corrected chi connectivity index (χ3v) is 4.77. The van der Waals surface area contributed by atoms with Crippen molar-refractivity contribution >= 4 is 40.2 Å². The largest absolute Gasteiger partial charge is 0.383 e. The lowest BCUT2D eigenvalue weighted by molar-refractivity contribution is 0.103. The van der Waals surface area contributed by atoms with E-state index >= 15 is 0 Å². The maximum Gasteiger partial charge on any atom is 0.324 e. The Balaban J connectivity index is 1.60. The van der Waals surface area contributed by atoms with Gasteiger partial charge >= 0.3 is 6.03 Å². The molecule has 0 saturated heterocycles. The molecule has 4 N–H and O–H groups in total. The number of halogens is 1. The fourth-order valence-corrected chi connectivity index (χ4v) is 3.25. The Morgan fingerprint density at radius 3 is 2.53 bits per heavy atom. The van der Waals surface area contributed by atoms with Gasteiger partial charge in [0.25, 0.3) is 0 Å². The number of nitrogens with two attached hydrogens (primary N) is 1. The molecule has 10 heteroatoms. The molecule has 0 unspecified atom stereocenters. The van der Waals surface area contributed by atoms with Crippen molar-refractivity contribution in [3.63, 3.8) is 0 Å². The first kappa shape index (κ1) is 20.9. The van der Waals surface area contributed by atoms with E-state index in [1.807, 2.05) is 18.4 Å². The summed E-state index contributed by atoms with van der Waals surface area (Å²) >= 11 is 0. The first-order valence-electron chi connectivity index (χ1n) is 9.80. The summed E-state index contributed by atoms with van der Waals surface area (Å²) in [5.74, 6) is -0.412. The molecule has 3 aromatic heterocycles. The lowest BCUT2D eigenvalue weighted by Gasteiger charge is -2.08. The van der Waals surface area contributed by atoms with Gasteiger partial charge in [-0.25, -0.2) is 24.1 Å². The van der Waals surface area contributed by atoms with Crippen molar-refractivity contribution in [1.29, 1.82) is 0 Å². The Hall–Kier alpha value is -4.34. The molecule has 9 nitrogen and oxygen atoms in total. The molecule has 3 heterocycles. The monoisotopic (exact) mass is 433 g/mol. The van der Waals surface area contributed by atoms with E-state index in [4.69, 9.17) is 5.73 Å². The summed E-state index contributed by atoms with van der Waals surface area (Å²) in [6.07, 6.45) is 3.04. The topological polar surface area (TPSA) is 128 Å². The van der Waals surface area contributed by atoms with Crippen LogP contribution in [0.15, 0.2) is 55.0 Å². The highest BCUT2D eigenvalue weighted by Crippen LogP contribution is 2.28. The average molecular weight is 433 g/mol. The fourth-order valence-electron chi connectivity index (χ4n) is 3.25. The van der Waals surface area contributed by atoms with Gasteiger partial charge in [-0.05, 0) is 50.2 Å². The van der Waals surface area contributed by atoms with Crippen molar-refractivity contribution in [2.45, 2.75) is 19.9 Å². The predicted octanol–water partition coefficient (Wildman–Crippen LogP) is 4.00. The van der Waals surface area contributed by atoms with Gasteiger partial charge in [-0.15, -0.1) is 0 Å². The number of rotatable bonds is 5. The number of nitrogen functional groups attached to an aromatic ring is 1. The number of pyridine rings is 1. The molecular weight excluding hydrogens is 413 g/mol. The lowest BCUT2D eigenvalue weighted by Crippen LogP contribution is -2.20. The summed E-state index contributed by atoms with van der Waals surface area (Å²) in [5.41, 5.74) is 7.46. The Morgan fingerprint density at radius 2 is 1.81 bits per heavy atom. The maximum atomic E-state index is 13.3. The zero-order valence-electron chi connectivity index (χ0n) is 17.3. The highest BCUT2D eigenvalue weighted by atomic mass is 19.1. The number of hydrogen-bond acceptors (Lipinski definition) is 6. The molecule has 0 radical (unpaired) electrons. The molecule has 4 aromatic rings. The number of hydrogen-bond donors (Lipinski definition) is 3. The number of urea groups is 1. The molecule has 0 aliphatic rings. The van der Waals surface area contributed by atoms with E-state index in [0.717, 1.165) is 0 Å². The van der Waals surface area contributed by atoms with E-state index in [0.29, 0.717) is 22.3 Å². The third kappa shape index (κ3) is 4.10. The molecule has 0 aliphatic carbocycles.